The predicted molar refractivity (Wildman–Crippen MR) is 86.4 cm³/mol. The Labute approximate surface area is 135 Å². The van der Waals surface area contributed by atoms with Gasteiger partial charge in [0.2, 0.25) is 11.8 Å². The van der Waals surface area contributed by atoms with E-state index >= 15 is 0 Å². The normalized spacial score (nSPS) is 18.9. The van der Waals surface area contributed by atoms with E-state index in [2.05, 4.69) is 5.32 Å². The quantitative estimate of drug-likeness (QED) is 0.882. The second-order valence-electron chi connectivity index (χ2n) is 6.22. The summed E-state index contributed by atoms with van der Waals surface area (Å²) in [5.74, 6) is -2.12. The highest BCUT2D eigenvalue weighted by atomic mass is 16.4. The summed E-state index contributed by atoms with van der Waals surface area (Å²) >= 11 is 0. The van der Waals surface area contributed by atoms with Crippen LogP contribution in [0.3, 0.4) is 0 Å². The minimum Gasteiger partial charge on any atom is -0.480 e. The van der Waals surface area contributed by atoms with Crippen LogP contribution in [0.4, 0.5) is 5.69 Å². The van der Waals surface area contributed by atoms with Gasteiger partial charge in [-0.1, -0.05) is 17.7 Å². The molecule has 2 atom stereocenters. The zero-order valence-corrected chi connectivity index (χ0v) is 13.8. The zero-order valence-electron chi connectivity index (χ0n) is 13.8. The smallest absolute Gasteiger partial charge is 0.325 e. The van der Waals surface area contributed by atoms with Gasteiger partial charge in [0, 0.05) is 18.7 Å². The Kier molecular flexibility index (Phi) is 4.73. The number of aryl methyl sites for hydroxylation is 3. The lowest BCUT2D eigenvalue weighted by molar-refractivity contribution is -0.141. The van der Waals surface area contributed by atoms with Crippen molar-refractivity contribution in [3.8, 4) is 0 Å². The number of aliphatic carboxylic acids is 1. The van der Waals surface area contributed by atoms with E-state index in [1.807, 2.05) is 32.9 Å². The first-order valence-corrected chi connectivity index (χ1v) is 7.62. The molecule has 23 heavy (non-hydrogen) atoms. The Morgan fingerprint density at radius 1 is 1.26 bits per heavy atom. The number of carbonyl (C=O) groups is 3. The zero-order chi connectivity index (χ0) is 17.3. The van der Waals surface area contributed by atoms with E-state index < -0.39 is 23.8 Å². The predicted octanol–water partition coefficient (Wildman–Crippen LogP) is 1.55. The van der Waals surface area contributed by atoms with Crippen LogP contribution in [0, 0.1) is 26.7 Å². The first-order valence-electron chi connectivity index (χ1n) is 7.62. The highest BCUT2D eigenvalue weighted by molar-refractivity contribution is 6.01. The van der Waals surface area contributed by atoms with Gasteiger partial charge in [-0.25, -0.2) is 0 Å². The van der Waals surface area contributed by atoms with Crippen LogP contribution < -0.4 is 10.2 Å². The summed E-state index contributed by atoms with van der Waals surface area (Å²) in [5, 5.41) is 11.3. The molecule has 2 N–H and O–H groups in total. The number of nitrogens with one attached hydrogen (secondary N) is 1. The molecule has 1 aromatic carbocycles. The summed E-state index contributed by atoms with van der Waals surface area (Å²) in [4.78, 5) is 36.9. The molecule has 2 amide bonds. The Morgan fingerprint density at radius 3 is 2.35 bits per heavy atom. The molecule has 1 saturated heterocycles. The molecule has 0 bridgehead atoms. The number of rotatable bonds is 4. The number of carbonyl (C=O) groups excluding carboxylic acids is 2. The van der Waals surface area contributed by atoms with Crippen LogP contribution in [-0.2, 0) is 14.4 Å². The molecule has 1 aliphatic heterocycles. The van der Waals surface area contributed by atoms with Crippen molar-refractivity contribution in [2.75, 3.05) is 11.4 Å². The molecule has 0 spiro atoms. The molecule has 1 heterocycles. The van der Waals surface area contributed by atoms with Crippen molar-refractivity contribution in [3.05, 3.63) is 28.8 Å². The van der Waals surface area contributed by atoms with Crippen molar-refractivity contribution < 1.29 is 19.5 Å². The van der Waals surface area contributed by atoms with Crippen LogP contribution >= 0.6 is 0 Å². The first kappa shape index (κ1) is 17.0. The summed E-state index contributed by atoms with van der Waals surface area (Å²) in [7, 11) is 0. The third kappa shape index (κ3) is 3.52. The summed E-state index contributed by atoms with van der Waals surface area (Å²) < 4.78 is 0. The molecular formula is C17H22N2O4. The maximum Gasteiger partial charge on any atom is 0.325 e. The van der Waals surface area contributed by atoms with Crippen LogP contribution in [0.15, 0.2) is 12.1 Å². The van der Waals surface area contributed by atoms with Crippen LogP contribution in [0.1, 0.15) is 30.0 Å². The van der Waals surface area contributed by atoms with E-state index in [1.54, 1.807) is 4.90 Å². The Hall–Kier alpha value is -2.37. The van der Waals surface area contributed by atoms with E-state index in [-0.39, 0.29) is 18.9 Å². The highest BCUT2D eigenvalue weighted by Crippen LogP contribution is 2.31. The van der Waals surface area contributed by atoms with Gasteiger partial charge in [-0.2, -0.15) is 0 Å². The van der Waals surface area contributed by atoms with Gasteiger partial charge in [0.05, 0.1) is 5.92 Å². The molecule has 0 aromatic heterocycles. The number of carboxylic acid groups (broad SMARTS) is 1. The minimum atomic E-state index is -1.09. The molecular weight excluding hydrogens is 296 g/mol. The fraction of sp³-hybridized carbons (Fsp3) is 0.471. The molecule has 1 unspecified atom stereocenters. The van der Waals surface area contributed by atoms with Gasteiger partial charge in [0.1, 0.15) is 6.04 Å². The molecule has 124 valence electrons. The van der Waals surface area contributed by atoms with Crippen LogP contribution in [-0.4, -0.2) is 35.5 Å². The molecule has 0 aliphatic carbocycles. The number of carboxylic acids is 1. The summed E-state index contributed by atoms with van der Waals surface area (Å²) in [6.45, 7) is 7.58. The van der Waals surface area contributed by atoms with Crippen molar-refractivity contribution in [3.63, 3.8) is 0 Å². The molecule has 1 aromatic rings. The van der Waals surface area contributed by atoms with Crippen molar-refractivity contribution >= 4 is 23.5 Å². The lowest BCUT2D eigenvalue weighted by atomic mass is 10.0. The second-order valence-corrected chi connectivity index (χ2v) is 6.22. The van der Waals surface area contributed by atoms with Gasteiger partial charge in [-0.3, -0.25) is 14.4 Å². The van der Waals surface area contributed by atoms with Crippen molar-refractivity contribution in [2.45, 2.75) is 40.2 Å². The highest BCUT2D eigenvalue weighted by Gasteiger charge is 2.37. The van der Waals surface area contributed by atoms with Crippen molar-refractivity contribution in [2.24, 2.45) is 5.92 Å². The molecule has 6 heteroatoms. The number of anilines is 1. The Bertz CT molecular complexity index is 646. The summed E-state index contributed by atoms with van der Waals surface area (Å²) in [5.41, 5.74) is 3.97. The number of nitrogens with zero attached hydrogens (tertiary/aromatic N) is 1. The number of hydrogen-bond acceptors (Lipinski definition) is 3. The number of amides is 2. The topological polar surface area (TPSA) is 86.7 Å². The third-order valence-electron chi connectivity index (χ3n) is 4.13. The fourth-order valence-corrected chi connectivity index (χ4v) is 3.09. The van der Waals surface area contributed by atoms with Gasteiger partial charge in [-0.05, 0) is 38.8 Å². The van der Waals surface area contributed by atoms with E-state index in [0.29, 0.717) is 0 Å². The van der Waals surface area contributed by atoms with Crippen molar-refractivity contribution in [1.82, 2.24) is 5.32 Å². The average molecular weight is 318 g/mol. The van der Waals surface area contributed by atoms with Gasteiger partial charge in [0.15, 0.2) is 0 Å². The van der Waals surface area contributed by atoms with Crippen LogP contribution in [0.5, 0.6) is 0 Å². The van der Waals surface area contributed by atoms with E-state index in [0.717, 1.165) is 22.4 Å². The van der Waals surface area contributed by atoms with Gasteiger partial charge in [0.25, 0.3) is 0 Å². The Balaban J connectivity index is 2.18. The molecule has 0 saturated carbocycles. The minimum absolute atomic E-state index is 0.102. The number of benzene rings is 1. The lowest BCUT2D eigenvalue weighted by Crippen LogP contribution is -2.42. The summed E-state index contributed by atoms with van der Waals surface area (Å²) in [6, 6.07) is 3.06. The molecule has 2 rings (SSSR count). The van der Waals surface area contributed by atoms with Crippen LogP contribution in [0.2, 0.25) is 0 Å². The van der Waals surface area contributed by atoms with E-state index in [9.17, 15) is 14.4 Å². The molecule has 0 radical (unpaired) electrons. The maximum absolute atomic E-state index is 12.3. The summed E-state index contributed by atoms with van der Waals surface area (Å²) in [6.07, 6.45) is 0.102. The van der Waals surface area contributed by atoms with Crippen LogP contribution in [0.25, 0.3) is 0 Å². The van der Waals surface area contributed by atoms with Gasteiger partial charge in [-0.15, -0.1) is 0 Å². The average Bonchev–Trinajstić information content (AvgIpc) is 2.79. The second kappa shape index (κ2) is 6.40. The van der Waals surface area contributed by atoms with Gasteiger partial charge >= 0.3 is 5.97 Å². The fourth-order valence-electron chi connectivity index (χ4n) is 3.09. The van der Waals surface area contributed by atoms with Crippen molar-refractivity contribution in [1.29, 1.82) is 0 Å². The Morgan fingerprint density at radius 2 is 1.83 bits per heavy atom. The first-order chi connectivity index (χ1) is 10.7. The largest absolute Gasteiger partial charge is 0.480 e. The third-order valence-corrected chi connectivity index (χ3v) is 4.13. The molecule has 1 aliphatic rings. The maximum atomic E-state index is 12.3. The molecule has 1 fully saturated rings. The van der Waals surface area contributed by atoms with E-state index in [4.69, 9.17) is 5.11 Å². The van der Waals surface area contributed by atoms with Gasteiger partial charge < -0.3 is 15.3 Å². The lowest BCUT2D eigenvalue weighted by Gasteiger charge is -2.22. The SMILES string of the molecule is Cc1cc(C)c(N2CC(C(=O)N[C@@H](C)C(=O)O)CC2=O)c(C)c1. The standard InChI is InChI=1S/C17H22N2O4/c1-9-5-10(2)15(11(3)6-9)19-8-13(7-14(19)20)16(21)18-12(4)17(22)23/h5-6,12-13H,7-8H2,1-4H3,(H,18,21)(H,22,23)/t12-,13?/m0/s1. The van der Waals surface area contributed by atoms with E-state index in [1.165, 1.54) is 6.92 Å². The molecule has 6 nitrogen and oxygen atoms in total. The monoisotopic (exact) mass is 318 g/mol. The number of hydrogen-bond donors (Lipinski definition) is 2.